The number of nitrogens with zero attached hydrogens (tertiary/aromatic N) is 4. The molecule has 0 aliphatic heterocycles. The highest BCUT2D eigenvalue weighted by Gasteiger charge is 2.17. The molecule has 3 aromatic heterocycles. The monoisotopic (exact) mass is 637 g/mol. The third kappa shape index (κ3) is 9.71. The van der Waals surface area contributed by atoms with Crippen LogP contribution >= 0.6 is 11.9 Å². The molecule has 1 saturated carbocycles. The Hall–Kier alpha value is -4.06. The Morgan fingerprint density at radius 2 is 1.82 bits per heavy atom. The topological polar surface area (TPSA) is 128 Å². The van der Waals surface area contributed by atoms with Gasteiger partial charge in [0.05, 0.1) is 17.4 Å². The van der Waals surface area contributed by atoms with Gasteiger partial charge in [-0.25, -0.2) is 33.5 Å². The molecule has 1 aromatic carbocycles. The first kappa shape index (κ1) is 33.8. The first-order valence-corrected chi connectivity index (χ1v) is 15.9. The molecule has 1 fully saturated rings. The number of fused-ring (bicyclic) bond motifs is 1. The fourth-order valence-electron chi connectivity index (χ4n) is 5.05. The zero-order valence-electron chi connectivity index (χ0n) is 26.4. The summed E-state index contributed by atoms with van der Waals surface area (Å²) < 4.78 is 34.2. The maximum atomic E-state index is 13.3. The molecule has 0 atom stereocenters. The van der Waals surface area contributed by atoms with Crippen molar-refractivity contribution in [2.24, 2.45) is 5.73 Å². The SMILES string of the molecule is CC(C)(C)OC(N)=O.CCc1cc(-c2ccc(NSc3ccccc3C(F)F)nc2C)nc2cnc(NC3CCCCC3)nc12. The second-order valence-electron chi connectivity index (χ2n) is 11.8. The Labute approximate surface area is 267 Å². The minimum Gasteiger partial charge on any atom is -0.444 e. The first-order valence-electron chi connectivity index (χ1n) is 15.1. The van der Waals surface area contributed by atoms with Gasteiger partial charge in [0.1, 0.15) is 16.9 Å². The van der Waals surface area contributed by atoms with E-state index in [9.17, 15) is 13.6 Å². The van der Waals surface area contributed by atoms with Gasteiger partial charge in [-0.05, 0) is 88.7 Å². The number of alkyl halides is 2. The standard InChI is InChI=1S/C28H30F2N6S.C5H11NO2/c1-3-18-15-22(34-23-16-31-28(35-26(18)23)33-19-9-5-4-6-10-19)20-13-14-25(32-17(20)2)36-37-24-12-8-7-11-21(24)27(29)30;1-5(2,3)8-4(6)7/h7-8,11-16,19,27H,3-6,9-10H2,1-2H3,(H,32,36)(H,31,33,35);1-3H3,(H2,6,7). The van der Waals surface area contributed by atoms with Crippen LogP contribution in [0.1, 0.15) is 83.0 Å². The van der Waals surface area contributed by atoms with Crippen molar-refractivity contribution in [3.05, 3.63) is 65.5 Å². The summed E-state index contributed by atoms with van der Waals surface area (Å²) in [5.41, 5.74) is 9.51. The van der Waals surface area contributed by atoms with Gasteiger partial charge in [0.15, 0.2) is 0 Å². The molecule has 0 radical (unpaired) electrons. The number of aromatic nitrogens is 4. The van der Waals surface area contributed by atoms with Gasteiger partial charge < -0.3 is 20.5 Å². The van der Waals surface area contributed by atoms with Crippen molar-refractivity contribution in [3.63, 3.8) is 0 Å². The number of hydrogen-bond donors (Lipinski definition) is 3. The van der Waals surface area contributed by atoms with Gasteiger partial charge >= 0.3 is 6.09 Å². The van der Waals surface area contributed by atoms with Crippen molar-refractivity contribution in [3.8, 4) is 11.3 Å². The number of ether oxygens (including phenoxy) is 1. The molecule has 12 heteroatoms. The number of carbonyl (C=O) groups excluding carboxylic acids is 1. The average Bonchev–Trinajstić information content (AvgIpc) is 2.99. The minimum absolute atomic E-state index is 0.000109. The number of anilines is 2. The van der Waals surface area contributed by atoms with Crippen LogP contribution in [0.15, 0.2) is 53.6 Å². The van der Waals surface area contributed by atoms with E-state index in [-0.39, 0.29) is 5.56 Å². The van der Waals surface area contributed by atoms with E-state index in [1.54, 1.807) is 45.2 Å². The highest BCUT2D eigenvalue weighted by molar-refractivity contribution is 8.00. The van der Waals surface area contributed by atoms with E-state index in [2.05, 4.69) is 37.7 Å². The molecule has 1 aliphatic carbocycles. The van der Waals surface area contributed by atoms with Gasteiger partial charge in [0, 0.05) is 27.8 Å². The van der Waals surface area contributed by atoms with E-state index in [4.69, 9.17) is 15.7 Å². The fourth-order valence-corrected chi connectivity index (χ4v) is 5.80. The third-order valence-corrected chi connectivity index (χ3v) is 8.04. The molecule has 4 aromatic rings. The Morgan fingerprint density at radius 3 is 2.44 bits per heavy atom. The number of carbonyl (C=O) groups is 1. The largest absolute Gasteiger partial charge is 0.444 e. The van der Waals surface area contributed by atoms with Crippen molar-refractivity contribution in [1.29, 1.82) is 0 Å². The lowest BCUT2D eigenvalue weighted by molar-refractivity contribution is 0.0600. The van der Waals surface area contributed by atoms with Crippen LogP contribution in [0.2, 0.25) is 0 Å². The van der Waals surface area contributed by atoms with Gasteiger partial charge in [-0.3, -0.25) is 0 Å². The number of nitrogens with one attached hydrogen (secondary N) is 2. The number of nitrogens with two attached hydrogens (primary N) is 1. The Morgan fingerprint density at radius 1 is 1.09 bits per heavy atom. The maximum Gasteiger partial charge on any atom is 0.405 e. The van der Waals surface area contributed by atoms with Crippen molar-refractivity contribution in [2.75, 3.05) is 10.0 Å². The number of amides is 1. The number of halogens is 2. The summed E-state index contributed by atoms with van der Waals surface area (Å²) in [5.74, 6) is 1.26. The van der Waals surface area contributed by atoms with E-state index in [1.807, 2.05) is 19.1 Å². The summed E-state index contributed by atoms with van der Waals surface area (Å²) in [6, 6.07) is 12.8. The molecule has 240 valence electrons. The highest BCUT2D eigenvalue weighted by atomic mass is 32.2. The zero-order valence-corrected chi connectivity index (χ0v) is 27.2. The summed E-state index contributed by atoms with van der Waals surface area (Å²) in [6.45, 7) is 9.32. The number of hydrogen-bond acceptors (Lipinski definition) is 9. The zero-order chi connectivity index (χ0) is 32.6. The highest BCUT2D eigenvalue weighted by Crippen LogP contribution is 2.32. The van der Waals surface area contributed by atoms with Crippen LogP contribution in [-0.4, -0.2) is 37.7 Å². The van der Waals surface area contributed by atoms with Crippen LogP contribution in [-0.2, 0) is 11.2 Å². The number of primary amides is 1. The number of pyridine rings is 2. The van der Waals surface area contributed by atoms with Crippen LogP contribution < -0.4 is 15.8 Å². The van der Waals surface area contributed by atoms with Crippen LogP contribution in [0.5, 0.6) is 0 Å². The van der Waals surface area contributed by atoms with E-state index in [0.29, 0.717) is 22.7 Å². The maximum absolute atomic E-state index is 13.3. The quantitative estimate of drug-likeness (QED) is 0.163. The van der Waals surface area contributed by atoms with Gasteiger partial charge in [0.2, 0.25) is 5.95 Å². The molecule has 0 spiro atoms. The predicted octanol–water partition coefficient (Wildman–Crippen LogP) is 8.64. The number of rotatable bonds is 8. The van der Waals surface area contributed by atoms with Crippen molar-refractivity contribution >= 4 is 40.8 Å². The lowest BCUT2D eigenvalue weighted by Crippen LogP contribution is -2.27. The molecular weight excluding hydrogens is 596 g/mol. The van der Waals surface area contributed by atoms with Crippen molar-refractivity contribution < 1.29 is 18.3 Å². The fraction of sp³-hybridized carbons (Fsp3) is 0.424. The van der Waals surface area contributed by atoms with E-state index in [1.165, 1.54) is 25.3 Å². The Balaban J connectivity index is 0.000000510. The number of benzene rings is 1. The number of aryl methyl sites for hydroxylation is 2. The van der Waals surface area contributed by atoms with Crippen LogP contribution in [0, 0.1) is 6.92 Å². The molecule has 1 amide bonds. The summed E-state index contributed by atoms with van der Waals surface area (Å²) in [7, 11) is 0. The average molecular weight is 638 g/mol. The third-order valence-electron chi connectivity index (χ3n) is 7.13. The molecule has 1 aliphatic rings. The van der Waals surface area contributed by atoms with E-state index >= 15 is 0 Å². The van der Waals surface area contributed by atoms with Crippen LogP contribution in [0.4, 0.5) is 25.3 Å². The molecule has 0 bridgehead atoms. The summed E-state index contributed by atoms with van der Waals surface area (Å²) in [4.78, 5) is 29.4. The van der Waals surface area contributed by atoms with Crippen molar-refractivity contribution in [2.45, 2.75) is 96.1 Å². The Bertz CT molecular complexity index is 1610. The normalized spacial score (nSPS) is 13.7. The van der Waals surface area contributed by atoms with Gasteiger partial charge in [0.25, 0.3) is 6.43 Å². The summed E-state index contributed by atoms with van der Waals surface area (Å²) >= 11 is 1.13. The predicted molar refractivity (Wildman–Crippen MR) is 176 cm³/mol. The Kier molecular flexibility index (Phi) is 11.5. The molecule has 0 saturated heterocycles. The lowest BCUT2D eigenvalue weighted by atomic mass is 9.96. The molecule has 3 heterocycles. The molecular formula is C33H41F2N7O2S. The van der Waals surface area contributed by atoms with Crippen molar-refractivity contribution in [1.82, 2.24) is 19.9 Å². The van der Waals surface area contributed by atoms with Crippen LogP contribution in [0.25, 0.3) is 22.3 Å². The smallest absolute Gasteiger partial charge is 0.405 e. The molecule has 0 unspecified atom stereocenters. The van der Waals surface area contributed by atoms with Gasteiger partial charge in [-0.1, -0.05) is 44.4 Å². The van der Waals surface area contributed by atoms with E-state index < -0.39 is 18.1 Å². The molecule has 45 heavy (non-hydrogen) atoms. The van der Waals surface area contributed by atoms with E-state index in [0.717, 1.165) is 64.8 Å². The lowest BCUT2D eigenvalue weighted by Gasteiger charge is -2.22. The second kappa shape index (κ2) is 15.3. The summed E-state index contributed by atoms with van der Waals surface area (Å²) in [5, 5.41) is 3.51. The first-order chi connectivity index (χ1) is 21.4. The summed E-state index contributed by atoms with van der Waals surface area (Å²) in [6.07, 6.45) is 5.49. The van der Waals surface area contributed by atoms with Gasteiger partial charge in [-0.15, -0.1) is 0 Å². The van der Waals surface area contributed by atoms with Gasteiger partial charge in [-0.2, -0.15) is 0 Å². The van der Waals surface area contributed by atoms with Crippen LogP contribution in [0.3, 0.4) is 0 Å². The molecule has 9 nitrogen and oxygen atoms in total. The molecule has 5 rings (SSSR count). The second-order valence-corrected chi connectivity index (χ2v) is 12.7. The molecule has 4 N–H and O–H groups in total. The minimum atomic E-state index is -2.53.